The molecule has 2 aromatic rings. The largest absolute Gasteiger partial charge is 0.322 e. The topological polar surface area (TPSA) is 82.5 Å². The molecule has 0 fully saturated rings. The van der Waals surface area contributed by atoms with E-state index in [1.807, 2.05) is 6.92 Å². The molecule has 0 aliphatic carbocycles. The van der Waals surface area contributed by atoms with Gasteiger partial charge in [0.1, 0.15) is 17.8 Å². The smallest absolute Gasteiger partial charge is 0.160 e. The first kappa shape index (κ1) is 10.0. The van der Waals surface area contributed by atoms with E-state index in [1.54, 1.807) is 6.07 Å². The Morgan fingerprint density at radius 2 is 2.13 bits per heavy atom. The number of hydrogen-bond donors (Lipinski definition) is 1. The number of halogens is 1. The first-order valence-corrected chi connectivity index (χ1v) is 4.69. The molecule has 2 aromatic heterocycles. The second kappa shape index (κ2) is 3.92. The van der Waals surface area contributed by atoms with E-state index in [0.29, 0.717) is 16.8 Å². The van der Waals surface area contributed by atoms with Crippen molar-refractivity contribution in [3.05, 3.63) is 29.7 Å². The molecule has 0 spiro atoms. The average Bonchev–Trinajstić information content (AvgIpc) is 2.65. The summed E-state index contributed by atoms with van der Waals surface area (Å²) in [5.74, 6) is 1.18. The van der Waals surface area contributed by atoms with E-state index in [2.05, 4.69) is 20.1 Å². The van der Waals surface area contributed by atoms with Gasteiger partial charge in [-0.15, -0.1) is 0 Å². The molecule has 15 heavy (non-hydrogen) atoms. The van der Waals surface area contributed by atoms with Crippen molar-refractivity contribution in [3.63, 3.8) is 0 Å². The monoisotopic (exact) mass is 224 g/mol. The fourth-order valence-electron chi connectivity index (χ4n) is 1.18. The highest BCUT2D eigenvalue weighted by atomic mass is 35.5. The van der Waals surface area contributed by atoms with Crippen LogP contribution in [0.4, 0.5) is 0 Å². The summed E-state index contributed by atoms with van der Waals surface area (Å²) in [4.78, 5) is 11.9. The van der Waals surface area contributed by atoms with E-state index in [4.69, 9.17) is 17.3 Å². The summed E-state index contributed by atoms with van der Waals surface area (Å²) in [6, 6.07) is 1.38. The van der Waals surface area contributed by atoms with Crippen LogP contribution < -0.4 is 5.73 Å². The van der Waals surface area contributed by atoms with Crippen LogP contribution in [0.1, 0.15) is 18.8 Å². The molecule has 0 aromatic carbocycles. The molecule has 0 aliphatic heterocycles. The van der Waals surface area contributed by atoms with Crippen LogP contribution in [0.15, 0.2) is 18.7 Å². The van der Waals surface area contributed by atoms with E-state index in [1.165, 1.54) is 17.3 Å². The highest BCUT2D eigenvalue weighted by molar-refractivity contribution is 6.29. The number of hydrogen-bond acceptors (Lipinski definition) is 5. The maximum atomic E-state index is 5.75. The summed E-state index contributed by atoms with van der Waals surface area (Å²) < 4.78 is 1.54. The molecule has 0 radical (unpaired) electrons. The zero-order chi connectivity index (χ0) is 10.8. The van der Waals surface area contributed by atoms with Crippen molar-refractivity contribution in [2.45, 2.75) is 13.0 Å². The van der Waals surface area contributed by atoms with Crippen LogP contribution in [-0.4, -0.2) is 24.7 Å². The fourth-order valence-corrected chi connectivity index (χ4v) is 1.32. The van der Waals surface area contributed by atoms with Crippen LogP contribution >= 0.6 is 11.6 Å². The molecule has 6 nitrogen and oxygen atoms in total. The molecule has 0 aliphatic rings. The standard InChI is InChI=1S/C8H9ClN6/c1-5(10)8-13-4-14-15(8)7-2-6(9)11-3-12-7/h2-5H,10H2,1H3. The maximum Gasteiger partial charge on any atom is 0.160 e. The highest BCUT2D eigenvalue weighted by Crippen LogP contribution is 2.12. The maximum absolute atomic E-state index is 5.75. The third kappa shape index (κ3) is 1.95. The van der Waals surface area contributed by atoms with E-state index in [-0.39, 0.29) is 6.04 Å². The lowest BCUT2D eigenvalue weighted by molar-refractivity contribution is 0.679. The lowest BCUT2D eigenvalue weighted by atomic mass is 10.3. The summed E-state index contributed by atoms with van der Waals surface area (Å²) in [6.07, 6.45) is 2.79. The van der Waals surface area contributed by atoms with Gasteiger partial charge in [-0.2, -0.15) is 9.78 Å². The molecule has 0 saturated heterocycles. The van der Waals surface area contributed by atoms with E-state index in [0.717, 1.165) is 0 Å². The lowest BCUT2D eigenvalue weighted by Gasteiger charge is -2.06. The molecule has 0 amide bonds. The predicted octanol–water partition coefficient (Wildman–Crippen LogP) is 0.730. The van der Waals surface area contributed by atoms with Crippen LogP contribution in [0.2, 0.25) is 5.15 Å². The van der Waals surface area contributed by atoms with Crippen molar-refractivity contribution in [2.24, 2.45) is 5.73 Å². The van der Waals surface area contributed by atoms with Gasteiger partial charge < -0.3 is 5.73 Å². The third-order valence-corrected chi connectivity index (χ3v) is 2.02. The fraction of sp³-hybridized carbons (Fsp3) is 0.250. The first-order valence-electron chi connectivity index (χ1n) is 4.32. The van der Waals surface area contributed by atoms with Crippen molar-refractivity contribution in [1.29, 1.82) is 0 Å². The Balaban J connectivity index is 2.49. The van der Waals surface area contributed by atoms with Crippen LogP contribution in [0.25, 0.3) is 5.82 Å². The molecular weight excluding hydrogens is 216 g/mol. The SMILES string of the molecule is CC(N)c1ncnn1-c1cc(Cl)ncn1. The summed E-state index contributed by atoms with van der Waals surface area (Å²) in [5, 5.41) is 4.38. The van der Waals surface area contributed by atoms with Gasteiger partial charge in [-0.25, -0.2) is 15.0 Å². The zero-order valence-electron chi connectivity index (χ0n) is 8.00. The van der Waals surface area contributed by atoms with Crippen molar-refractivity contribution < 1.29 is 0 Å². The Bertz CT molecular complexity index is 466. The highest BCUT2D eigenvalue weighted by Gasteiger charge is 2.11. The molecule has 78 valence electrons. The molecule has 2 rings (SSSR count). The molecule has 0 bridgehead atoms. The van der Waals surface area contributed by atoms with Crippen molar-refractivity contribution in [2.75, 3.05) is 0 Å². The van der Waals surface area contributed by atoms with Gasteiger partial charge in [0.2, 0.25) is 0 Å². The minimum absolute atomic E-state index is 0.221. The zero-order valence-corrected chi connectivity index (χ0v) is 8.76. The number of nitrogens with zero attached hydrogens (tertiary/aromatic N) is 5. The van der Waals surface area contributed by atoms with Gasteiger partial charge in [0.25, 0.3) is 0 Å². The summed E-state index contributed by atoms with van der Waals surface area (Å²) in [5.41, 5.74) is 5.73. The van der Waals surface area contributed by atoms with Crippen LogP contribution in [0.5, 0.6) is 0 Å². The summed E-state index contributed by atoms with van der Waals surface area (Å²) >= 11 is 5.75. The van der Waals surface area contributed by atoms with E-state index < -0.39 is 0 Å². The van der Waals surface area contributed by atoms with E-state index >= 15 is 0 Å². The summed E-state index contributed by atoms with van der Waals surface area (Å²) in [6.45, 7) is 1.82. The Hall–Kier alpha value is -1.53. The van der Waals surface area contributed by atoms with Gasteiger partial charge in [-0.05, 0) is 6.92 Å². The Morgan fingerprint density at radius 3 is 2.80 bits per heavy atom. The van der Waals surface area contributed by atoms with Crippen molar-refractivity contribution >= 4 is 11.6 Å². The molecule has 7 heteroatoms. The summed E-state index contributed by atoms with van der Waals surface area (Å²) in [7, 11) is 0. The normalized spacial score (nSPS) is 12.7. The van der Waals surface area contributed by atoms with Gasteiger partial charge in [0, 0.05) is 6.07 Å². The lowest BCUT2D eigenvalue weighted by Crippen LogP contribution is -2.14. The van der Waals surface area contributed by atoms with Crippen LogP contribution in [-0.2, 0) is 0 Å². The average molecular weight is 225 g/mol. The molecule has 1 unspecified atom stereocenters. The predicted molar refractivity (Wildman–Crippen MR) is 54.6 cm³/mol. The third-order valence-electron chi connectivity index (χ3n) is 1.82. The minimum atomic E-state index is -0.221. The van der Waals surface area contributed by atoms with Gasteiger partial charge in [0.15, 0.2) is 11.6 Å². The van der Waals surface area contributed by atoms with Gasteiger partial charge in [-0.3, -0.25) is 0 Å². The molecule has 1 atom stereocenters. The number of nitrogens with two attached hydrogens (primary N) is 1. The Morgan fingerprint density at radius 1 is 1.33 bits per heavy atom. The Labute approximate surface area is 91.1 Å². The second-order valence-electron chi connectivity index (χ2n) is 3.02. The Kier molecular flexibility index (Phi) is 2.61. The van der Waals surface area contributed by atoms with Crippen molar-refractivity contribution in [1.82, 2.24) is 24.7 Å². The molecule has 2 N–H and O–H groups in total. The van der Waals surface area contributed by atoms with Crippen molar-refractivity contribution in [3.8, 4) is 5.82 Å². The number of aromatic nitrogens is 5. The molecular formula is C8H9ClN6. The van der Waals surface area contributed by atoms with Crippen LogP contribution in [0.3, 0.4) is 0 Å². The van der Waals surface area contributed by atoms with Gasteiger partial charge in [-0.1, -0.05) is 11.6 Å². The van der Waals surface area contributed by atoms with E-state index in [9.17, 15) is 0 Å². The quantitative estimate of drug-likeness (QED) is 0.761. The first-order chi connectivity index (χ1) is 7.18. The van der Waals surface area contributed by atoms with Crippen LogP contribution in [0, 0.1) is 0 Å². The second-order valence-corrected chi connectivity index (χ2v) is 3.40. The van der Waals surface area contributed by atoms with Gasteiger partial charge >= 0.3 is 0 Å². The molecule has 2 heterocycles. The molecule has 0 saturated carbocycles. The number of rotatable bonds is 2. The van der Waals surface area contributed by atoms with Gasteiger partial charge in [0.05, 0.1) is 6.04 Å². The minimum Gasteiger partial charge on any atom is -0.322 e.